The van der Waals surface area contributed by atoms with E-state index in [0.717, 1.165) is 19.6 Å². The Morgan fingerprint density at radius 1 is 1.30 bits per heavy atom. The number of nitrogens with one attached hydrogen (secondary N) is 1. The summed E-state index contributed by atoms with van der Waals surface area (Å²) >= 11 is 1.51. The highest BCUT2D eigenvalue weighted by atomic mass is 32.2. The van der Waals surface area contributed by atoms with Gasteiger partial charge in [-0.05, 0) is 32.9 Å². The van der Waals surface area contributed by atoms with Crippen molar-refractivity contribution in [3.63, 3.8) is 0 Å². The molecule has 0 aromatic rings. The predicted octanol–water partition coefficient (Wildman–Crippen LogP) is 1.03. The van der Waals surface area contributed by atoms with Crippen LogP contribution in [0.4, 0.5) is 4.79 Å². The second kappa shape index (κ2) is 7.17. The van der Waals surface area contributed by atoms with Gasteiger partial charge in [0.25, 0.3) is 0 Å². The molecule has 0 aromatic carbocycles. The van der Waals surface area contributed by atoms with Gasteiger partial charge in [0.05, 0.1) is 5.37 Å². The summed E-state index contributed by atoms with van der Waals surface area (Å²) in [6.45, 7) is 5.50. The van der Waals surface area contributed by atoms with Gasteiger partial charge in [0.1, 0.15) is 6.04 Å². The Hall–Kier alpha value is -0.950. The Labute approximate surface area is 123 Å². The molecule has 2 aliphatic heterocycles. The van der Waals surface area contributed by atoms with Gasteiger partial charge in [0, 0.05) is 18.8 Å². The lowest BCUT2D eigenvalue weighted by Crippen LogP contribution is -2.50. The number of amides is 2. The fourth-order valence-corrected chi connectivity index (χ4v) is 3.90. The zero-order valence-electron chi connectivity index (χ0n) is 11.9. The number of aliphatic carboxylic acids is 1. The van der Waals surface area contributed by atoms with Crippen LogP contribution < -0.4 is 5.32 Å². The predicted molar refractivity (Wildman–Crippen MR) is 78.9 cm³/mol. The maximum Gasteiger partial charge on any atom is 0.327 e. The van der Waals surface area contributed by atoms with Crippen molar-refractivity contribution in [1.29, 1.82) is 0 Å². The van der Waals surface area contributed by atoms with Crippen LogP contribution in [0.25, 0.3) is 0 Å². The summed E-state index contributed by atoms with van der Waals surface area (Å²) in [5.74, 6) is -0.455. The number of likely N-dealkylation sites (tertiary alicyclic amines) is 1. The molecule has 2 rings (SSSR count). The van der Waals surface area contributed by atoms with Gasteiger partial charge in [-0.1, -0.05) is 6.42 Å². The lowest BCUT2D eigenvalue weighted by atomic mass is 10.1. The Kier molecular flexibility index (Phi) is 5.54. The average Bonchev–Trinajstić information content (AvgIpc) is 2.82. The standard InChI is InChI=1S/C13H23N3O3S/c1-10-16(11(9-20-10)12(17)18)13(19)14-5-8-15-6-3-2-4-7-15/h10-11H,2-9H2,1H3,(H,14,19)(H,17,18). The van der Waals surface area contributed by atoms with Gasteiger partial charge in [-0.15, -0.1) is 11.8 Å². The molecule has 6 nitrogen and oxygen atoms in total. The quantitative estimate of drug-likeness (QED) is 0.811. The number of carboxylic acid groups (broad SMARTS) is 1. The topological polar surface area (TPSA) is 72.9 Å². The second-order valence-corrected chi connectivity index (χ2v) is 6.68. The lowest BCUT2D eigenvalue weighted by Gasteiger charge is -2.28. The first-order valence-corrected chi connectivity index (χ1v) is 8.27. The molecular weight excluding hydrogens is 278 g/mol. The number of carbonyl (C=O) groups is 2. The number of piperidine rings is 1. The summed E-state index contributed by atoms with van der Waals surface area (Å²) < 4.78 is 0. The lowest BCUT2D eigenvalue weighted by molar-refractivity contribution is -0.141. The fraction of sp³-hybridized carbons (Fsp3) is 0.846. The largest absolute Gasteiger partial charge is 0.480 e. The first kappa shape index (κ1) is 15.4. The fourth-order valence-electron chi connectivity index (χ4n) is 2.74. The number of rotatable bonds is 4. The molecule has 0 spiro atoms. The molecule has 2 atom stereocenters. The summed E-state index contributed by atoms with van der Waals surface area (Å²) in [7, 11) is 0. The van der Waals surface area contributed by atoms with E-state index in [1.807, 2.05) is 6.92 Å². The van der Waals surface area contributed by atoms with Crippen LogP contribution >= 0.6 is 11.8 Å². The van der Waals surface area contributed by atoms with Crippen LogP contribution in [0.2, 0.25) is 0 Å². The van der Waals surface area contributed by atoms with Gasteiger partial charge < -0.3 is 15.3 Å². The van der Waals surface area contributed by atoms with Gasteiger partial charge in [-0.3, -0.25) is 4.90 Å². The summed E-state index contributed by atoms with van der Waals surface area (Å²) in [6.07, 6.45) is 3.76. The normalized spacial score (nSPS) is 27.6. The third kappa shape index (κ3) is 3.79. The molecule has 2 heterocycles. The summed E-state index contributed by atoms with van der Waals surface area (Å²) in [5, 5.41) is 11.9. The van der Waals surface area contributed by atoms with Crippen molar-refractivity contribution in [3.05, 3.63) is 0 Å². The van der Waals surface area contributed by atoms with Crippen molar-refractivity contribution >= 4 is 23.8 Å². The van der Waals surface area contributed by atoms with Crippen LogP contribution in [-0.2, 0) is 4.79 Å². The van der Waals surface area contributed by atoms with Crippen LogP contribution in [0.15, 0.2) is 0 Å². The van der Waals surface area contributed by atoms with Gasteiger partial charge in [-0.25, -0.2) is 9.59 Å². The summed E-state index contributed by atoms with van der Waals surface area (Å²) in [5.41, 5.74) is 0. The van der Waals surface area contributed by atoms with Crippen molar-refractivity contribution in [2.75, 3.05) is 31.9 Å². The highest BCUT2D eigenvalue weighted by Crippen LogP contribution is 2.28. The molecule has 0 aliphatic carbocycles. The van der Waals surface area contributed by atoms with Crippen LogP contribution in [0, 0.1) is 0 Å². The molecule has 20 heavy (non-hydrogen) atoms. The van der Waals surface area contributed by atoms with Crippen LogP contribution in [-0.4, -0.2) is 70.3 Å². The van der Waals surface area contributed by atoms with E-state index >= 15 is 0 Å². The second-order valence-electron chi connectivity index (χ2n) is 5.33. The van der Waals surface area contributed by atoms with Gasteiger partial charge in [-0.2, -0.15) is 0 Å². The maximum absolute atomic E-state index is 12.1. The zero-order chi connectivity index (χ0) is 14.5. The van der Waals surface area contributed by atoms with Crippen molar-refractivity contribution in [1.82, 2.24) is 15.1 Å². The number of hydrogen-bond acceptors (Lipinski definition) is 4. The molecule has 2 amide bonds. The van der Waals surface area contributed by atoms with E-state index in [-0.39, 0.29) is 11.4 Å². The third-order valence-corrected chi connectivity index (χ3v) is 5.11. The zero-order valence-corrected chi connectivity index (χ0v) is 12.7. The first-order chi connectivity index (χ1) is 9.59. The molecule has 114 valence electrons. The Balaban J connectivity index is 1.76. The molecule has 2 aliphatic rings. The molecular formula is C13H23N3O3S. The van der Waals surface area contributed by atoms with E-state index in [0.29, 0.717) is 12.3 Å². The third-order valence-electron chi connectivity index (χ3n) is 3.90. The number of carbonyl (C=O) groups excluding carboxylic acids is 1. The van der Waals surface area contributed by atoms with Crippen molar-refractivity contribution < 1.29 is 14.7 Å². The molecule has 0 aromatic heterocycles. The average molecular weight is 301 g/mol. The number of hydrogen-bond donors (Lipinski definition) is 2. The minimum absolute atomic E-state index is 0.0777. The number of carboxylic acids is 1. The molecule has 2 unspecified atom stereocenters. The Bertz CT molecular complexity index is 361. The molecule has 2 saturated heterocycles. The van der Waals surface area contributed by atoms with Crippen molar-refractivity contribution in [3.8, 4) is 0 Å². The monoisotopic (exact) mass is 301 g/mol. The van der Waals surface area contributed by atoms with E-state index in [1.54, 1.807) is 0 Å². The molecule has 2 fully saturated rings. The molecule has 7 heteroatoms. The number of urea groups is 1. The molecule has 0 saturated carbocycles. The van der Waals surface area contributed by atoms with Crippen LogP contribution in [0.3, 0.4) is 0 Å². The Morgan fingerprint density at radius 2 is 2.00 bits per heavy atom. The van der Waals surface area contributed by atoms with Crippen molar-refractivity contribution in [2.45, 2.75) is 37.6 Å². The number of nitrogens with zero attached hydrogens (tertiary/aromatic N) is 2. The minimum Gasteiger partial charge on any atom is -0.480 e. The number of thioether (sulfide) groups is 1. The van der Waals surface area contributed by atoms with E-state index in [2.05, 4.69) is 10.2 Å². The van der Waals surface area contributed by atoms with Crippen molar-refractivity contribution in [2.24, 2.45) is 0 Å². The first-order valence-electron chi connectivity index (χ1n) is 7.22. The van der Waals surface area contributed by atoms with Gasteiger partial charge in [0.15, 0.2) is 0 Å². The van der Waals surface area contributed by atoms with Gasteiger partial charge >= 0.3 is 12.0 Å². The van der Waals surface area contributed by atoms with Crippen LogP contribution in [0.5, 0.6) is 0 Å². The van der Waals surface area contributed by atoms with E-state index in [1.165, 1.54) is 35.9 Å². The smallest absolute Gasteiger partial charge is 0.327 e. The Morgan fingerprint density at radius 3 is 2.65 bits per heavy atom. The minimum atomic E-state index is -0.923. The maximum atomic E-state index is 12.1. The highest BCUT2D eigenvalue weighted by molar-refractivity contribution is 8.00. The van der Waals surface area contributed by atoms with E-state index in [4.69, 9.17) is 5.11 Å². The van der Waals surface area contributed by atoms with E-state index in [9.17, 15) is 9.59 Å². The summed E-state index contributed by atoms with van der Waals surface area (Å²) in [4.78, 5) is 27.1. The highest BCUT2D eigenvalue weighted by Gasteiger charge is 2.39. The van der Waals surface area contributed by atoms with Crippen LogP contribution in [0.1, 0.15) is 26.2 Å². The van der Waals surface area contributed by atoms with E-state index < -0.39 is 12.0 Å². The SMILES string of the molecule is CC1SCC(C(=O)O)N1C(=O)NCCN1CCCCC1. The molecule has 0 bridgehead atoms. The van der Waals surface area contributed by atoms with Gasteiger partial charge in [0.2, 0.25) is 0 Å². The summed E-state index contributed by atoms with van der Waals surface area (Å²) in [6, 6.07) is -0.961. The molecule has 0 radical (unpaired) electrons. The molecule has 2 N–H and O–H groups in total.